The van der Waals surface area contributed by atoms with E-state index in [9.17, 15) is 0 Å². The Labute approximate surface area is 147 Å². The first-order valence-electron chi connectivity index (χ1n) is 0.730. The van der Waals surface area contributed by atoms with E-state index in [1.165, 1.54) is 0 Å². The van der Waals surface area contributed by atoms with Gasteiger partial charge in [-0.05, 0) is 0 Å². The molecule has 0 aromatic carbocycles. The van der Waals surface area contributed by atoms with Gasteiger partial charge < -0.3 is 24.7 Å². The predicted molar refractivity (Wildman–Crippen MR) is 8.29 cm³/mol. The van der Waals surface area contributed by atoms with Crippen LogP contribution in [0.5, 0.6) is 0 Å². The largest absolute Gasteiger partial charge is 3.00 e. The SMILES string of the molecule is O=P([O-])([O-])[O-].[Ce+3].[La+3].[Nd+3].[O-2]. The van der Waals surface area contributed by atoms with Crippen molar-refractivity contribution in [2.45, 2.75) is 0 Å². The van der Waals surface area contributed by atoms with Crippen molar-refractivity contribution in [1.29, 1.82) is 0 Å². The van der Waals surface area contributed by atoms with Crippen molar-refractivity contribution in [3.8, 4) is 0 Å². The first-order valence-corrected chi connectivity index (χ1v) is 2.19. The van der Waals surface area contributed by atoms with E-state index in [-0.39, 0.29) is 124 Å². The molecule has 9 heavy (non-hydrogen) atoms. The molecule has 0 N–H and O–H groups in total. The number of hydrogen-bond acceptors (Lipinski definition) is 4. The first-order chi connectivity index (χ1) is 2.00. The summed E-state index contributed by atoms with van der Waals surface area (Å²) in [4.78, 5) is 25.6. The van der Waals surface area contributed by atoms with Crippen LogP contribution in [0.15, 0.2) is 0 Å². The Kier molecular flexibility index (Phi) is 47.2. The second-order valence-corrected chi connectivity index (χ2v) is 1.34. The Balaban J connectivity index is -0.0000000133. The van der Waals surface area contributed by atoms with Crippen molar-refractivity contribution < 1.29 is 143 Å². The van der Waals surface area contributed by atoms with Crippen molar-refractivity contribution in [2.24, 2.45) is 0 Å². The molecule has 2 radical (unpaired) electrons. The third-order valence-corrected chi connectivity index (χ3v) is 0. The van der Waals surface area contributed by atoms with Crippen LogP contribution in [-0.4, -0.2) is 0 Å². The summed E-state index contributed by atoms with van der Waals surface area (Å²) in [6.45, 7) is 0. The van der Waals surface area contributed by atoms with Crippen LogP contribution in [0, 0.1) is 118 Å². The molecule has 0 bridgehead atoms. The second-order valence-electron chi connectivity index (χ2n) is 0.447. The molecule has 0 aromatic heterocycles. The zero-order chi connectivity index (χ0) is 4.50. The molecule has 0 fully saturated rings. The molecule has 0 aliphatic rings. The maximum atomic E-state index is 8.55. The predicted octanol–water partition coefficient (Wildman–Crippen LogP) is -2.94. The summed E-state index contributed by atoms with van der Waals surface area (Å²) in [5.74, 6) is 0. The summed E-state index contributed by atoms with van der Waals surface area (Å²) < 4.78 is 8.55. The minimum atomic E-state index is -5.39. The molecule has 0 aliphatic carbocycles. The first kappa shape index (κ1) is 29.3. The molecule has 0 atom stereocenters. The van der Waals surface area contributed by atoms with Crippen LogP contribution in [-0.2, 0) is 10.0 Å². The van der Waals surface area contributed by atoms with E-state index < -0.39 is 7.82 Å². The molecule has 9 heteroatoms. The second kappa shape index (κ2) is 14.5. The van der Waals surface area contributed by atoms with E-state index in [1.54, 1.807) is 0 Å². The molecule has 0 aromatic rings. The van der Waals surface area contributed by atoms with E-state index in [0.717, 1.165) is 0 Å². The maximum absolute atomic E-state index is 8.55. The van der Waals surface area contributed by atoms with Gasteiger partial charge in [0, 0.05) is 0 Å². The summed E-state index contributed by atoms with van der Waals surface area (Å²) in [5, 5.41) is 0. The van der Waals surface area contributed by atoms with Gasteiger partial charge in [-0.25, -0.2) is 0 Å². The third kappa shape index (κ3) is 75.1. The normalized spacial score (nSPS) is 6.56. The Bertz CT molecular complexity index is 63.1. The van der Waals surface area contributed by atoms with Gasteiger partial charge in [0.05, 0.1) is 0 Å². The molecule has 0 rings (SSSR count). The molecular weight excluding hydrogens is 534 g/mol. The average molecular weight is 534 g/mol. The molecule has 5 nitrogen and oxygen atoms in total. The zero-order valence-corrected chi connectivity index (χ0v) is 14.9. The summed E-state index contributed by atoms with van der Waals surface area (Å²) >= 11 is 0. The van der Waals surface area contributed by atoms with Crippen molar-refractivity contribution in [2.75, 3.05) is 0 Å². The number of rotatable bonds is 0. The fourth-order valence-electron chi connectivity index (χ4n) is 0. The Morgan fingerprint density at radius 3 is 1.11 bits per heavy atom. The Morgan fingerprint density at radius 1 is 1.11 bits per heavy atom. The standard InChI is InChI=1S/Ce.La.Nd.H3O4P.O/c;;;1-5(2,3)4;/h;;;(H3,1,2,3,4);/q3*+3;;-2/p-3. The van der Waals surface area contributed by atoms with Crippen molar-refractivity contribution >= 4 is 7.82 Å². The van der Waals surface area contributed by atoms with E-state index in [4.69, 9.17) is 19.2 Å². The fourth-order valence-corrected chi connectivity index (χ4v) is 0. The Morgan fingerprint density at radius 2 is 1.11 bits per heavy atom. The number of hydrogen-bond donors (Lipinski definition) is 0. The topological polar surface area (TPSA) is 115 Å². The van der Waals surface area contributed by atoms with Crippen LogP contribution in [0.1, 0.15) is 0 Å². The van der Waals surface area contributed by atoms with Gasteiger partial charge in [0.15, 0.2) is 0 Å². The van der Waals surface area contributed by atoms with Gasteiger partial charge in [-0.15, -0.1) is 0 Å². The van der Waals surface area contributed by atoms with Gasteiger partial charge in [-0.1, -0.05) is 0 Å². The Hall–Kier alpha value is 3.99. The maximum Gasteiger partial charge on any atom is 3.00 e. The van der Waals surface area contributed by atoms with Gasteiger partial charge in [0.2, 0.25) is 0 Å². The summed E-state index contributed by atoms with van der Waals surface area (Å²) in [6.07, 6.45) is 0. The van der Waals surface area contributed by atoms with Crippen molar-refractivity contribution in [3.05, 3.63) is 0 Å². The molecule has 0 aliphatic heterocycles. The molecular formula is CeLaNdO5P+4. The smallest absolute Gasteiger partial charge is 2.00 e. The third-order valence-electron chi connectivity index (χ3n) is 0. The van der Waals surface area contributed by atoms with Crippen LogP contribution in [0.3, 0.4) is 0 Å². The van der Waals surface area contributed by atoms with Gasteiger partial charge in [0.25, 0.3) is 0 Å². The molecule has 0 unspecified atom stereocenters. The summed E-state index contributed by atoms with van der Waals surface area (Å²) in [5.41, 5.74) is 0. The molecule has 0 amide bonds. The van der Waals surface area contributed by atoms with Crippen LogP contribution in [0.2, 0.25) is 0 Å². The van der Waals surface area contributed by atoms with E-state index >= 15 is 0 Å². The van der Waals surface area contributed by atoms with Crippen LogP contribution in [0.4, 0.5) is 0 Å². The quantitative estimate of drug-likeness (QED) is 0.310. The fraction of sp³-hybridized carbons (Fsp3) is 0. The number of phosphoric acid groups is 1. The van der Waals surface area contributed by atoms with Crippen molar-refractivity contribution in [1.82, 2.24) is 0 Å². The minimum absolute atomic E-state index is 0. The van der Waals surface area contributed by atoms with Gasteiger partial charge >= 0.3 is 118 Å². The average Bonchev–Trinajstić information content (AvgIpc) is 0.722. The van der Waals surface area contributed by atoms with E-state index in [1.807, 2.05) is 0 Å². The van der Waals surface area contributed by atoms with Crippen molar-refractivity contribution in [3.63, 3.8) is 0 Å². The van der Waals surface area contributed by atoms with E-state index in [2.05, 4.69) is 0 Å². The molecule has 42 valence electrons. The zero-order valence-electron chi connectivity index (χ0n) is 4.07. The van der Waals surface area contributed by atoms with Gasteiger partial charge in [-0.3, -0.25) is 0 Å². The molecule has 0 saturated heterocycles. The van der Waals surface area contributed by atoms with Gasteiger partial charge in [-0.2, -0.15) is 7.82 Å². The van der Waals surface area contributed by atoms with Crippen LogP contribution >= 0.6 is 7.82 Å². The summed E-state index contributed by atoms with van der Waals surface area (Å²) in [7, 11) is -5.39. The summed E-state index contributed by atoms with van der Waals surface area (Å²) in [6, 6.07) is 0. The van der Waals surface area contributed by atoms with Gasteiger partial charge in [0.1, 0.15) is 0 Å². The van der Waals surface area contributed by atoms with E-state index in [0.29, 0.717) is 0 Å². The molecule has 0 heterocycles. The molecule has 0 saturated carbocycles. The van der Waals surface area contributed by atoms with Crippen LogP contribution in [0.25, 0.3) is 0 Å². The van der Waals surface area contributed by atoms with Crippen LogP contribution < -0.4 is 14.7 Å². The minimum Gasteiger partial charge on any atom is -2.00 e. The monoisotopic (exact) mass is 532 g/mol. The molecule has 0 spiro atoms.